The summed E-state index contributed by atoms with van der Waals surface area (Å²) in [5.74, 6) is -2.29. The van der Waals surface area contributed by atoms with Gasteiger partial charge in [-0.1, -0.05) is 42.5 Å². The van der Waals surface area contributed by atoms with Crippen LogP contribution in [0.4, 0.5) is 0 Å². The van der Waals surface area contributed by atoms with Crippen LogP contribution in [0.5, 0.6) is 0 Å². The lowest BCUT2D eigenvalue weighted by Gasteiger charge is -2.30. The third kappa shape index (κ3) is 3.61. The van der Waals surface area contributed by atoms with Gasteiger partial charge in [-0.15, -0.1) is 0 Å². The van der Waals surface area contributed by atoms with Gasteiger partial charge in [0, 0.05) is 6.42 Å². The van der Waals surface area contributed by atoms with Crippen LogP contribution in [0, 0.1) is 6.92 Å². The summed E-state index contributed by atoms with van der Waals surface area (Å²) in [7, 11) is 0. The average Bonchev–Trinajstić information content (AvgIpc) is 2.91. The summed E-state index contributed by atoms with van der Waals surface area (Å²) in [4.78, 5) is 56.1. The number of hydrogen-bond acceptors (Lipinski definition) is 6. The summed E-state index contributed by atoms with van der Waals surface area (Å²) in [6, 6.07) is 14.1. The lowest BCUT2D eigenvalue weighted by molar-refractivity contribution is -0.161. The standard InChI is InChI=1S/C23H21N3O5/c1-15-7-5-10-17-19(15)24-14-26(20(17)28)23(12-6-11-18(27)25-21(23)29)22(30)31-13-16-8-3-2-4-9-16/h2-5,7-10,14H,6,11-13H2,1H3,(H,25,27,29). The number of nitrogens with one attached hydrogen (secondary N) is 1. The maximum Gasteiger partial charge on any atom is 0.342 e. The molecule has 0 aliphatic carbocycles. The first-order chi connectivity index (χ1) is 14.9. The molecule has 2 heterocycles. The minimum atomic E-state index is -2.02. The molecule has 1 fully saturated rings. The number of ether oxygens (including phenoxy) is 1. The van der Waals surface area contributed by atoms with Gasteiger partial charge < -0.3 is 4.74 Å². The number of esters is 1. The number of aryl methyl sites for hydroxylation is 1. The summed E-state index contributed by atoms with van der Waals surface area (Å²) in [5.41, 5.74) is -0.557. The molecule has 1 unspecified atom stereocenters. The zero-order valence-corrected chi connectivity index (χ0v) is 17.0. The topological polar surface area (TPSA) is 107 Å². The number of benzene rings is 2. The molecule has 2 amide bonds. The number of carbonyl (C=O) groups excluding carboxylic acids is 3. The van der Waals surface area contributed by atoms with Crippen LogP contribution < -0.4 is 10.9 Å². The summed E-state index contributed by atoms with van der Waals surface area (Å²) >= 11 is 0. The number of para-hydroxylation sites is 1. The van der Waals surface area contributed by atoms with E-state index in [-0.39, 0.29) is 31.3 Å². The Kier molecular flexibility index (Phi) is 5.37. The van der Waals surface area contributed by atoms with Gasteiger partial charge in [-0.05, 0) is 37.0 Å². The van der Waals surface area contributed by atoms with E-state index in [1.165, 1.54) is 6.33 Å². The van der Waals surface area contributed by atoms with Crippen LogP contribution in [-0.4, -0.2) is 27.3 Å². The SMILES string of the molecule is Cc1cccc2c(=O)n(C3(C(=O)OCc4ccccc4)CCCC(=O)NC3=O)cnc12. The Balaban J connectivity index is 1.83. The highest BCUT2D eigenvalue weighted by molar-refractivity contribution is 6.11. The van der Waals surface area contributed by atoms with Gasteiger partial charge in [0.05, 0.1) is 17.2 Å². The Hall–Kier alpha value is -3.81. The molecule has 1 N–H and O–H groups in total. The Labute approximate surface area is 177 Å². The maximum atomic E-state index is 13.4. The molecule has 1 saturated heterocycles. The molecular formula is C23H21N3O5. The Bertz CT molecular complexity index is 1230. The molecular weight excluding hydrogens is 398 g/mol. The van der Waals surface area contributed by atoms with Crippen molar-refractivity contribution in [3.05, 3.63) is 76.3 Å². The van der Waals surface area contributed by atoms with Gasteiger partial charge in [0.2, 0.25) is 11.4 Å². The molecule has 8 heteroatoms. The second-order valence-electron chi connectivity index (χ2n) is 7.54. The molecule has 4 rings (SSSR count). The number of amides is 2. The number of nitrogens with zero attached hydrogens (tertiary/aromatic N) is 2. The Morgan fingerprint density at radius 1 is 1.13 bits per heavy atom. The first kappa shape index (κ1) is 20.5. The summed E-state index contributed by atoms with van der Waals surface area (Å²) in [6.07, 6.45) is 1.43. The minimum absolute atomic E-state index is 0.0584. The Morgan fingerprint density at radius 2 is 1.90 bits per heavy atom. The molecule has 2 aromatic carbocycles. The summed E-state index contributed by atoms with van der Waals surface area (Å²) in [6.45, 7) is 1.75. The molecule has 1 aliphatic rings. The number of carbonyl (C=O) groups is 3. The van der Waals surface area contributed by atoms with Crippen LogP contribution >= 0.6 is 0 Å². The second kappa shape index (κ2) is 8.14. The zero-order valence-electron chi connectivity index (χ0n) is 17.0. The first-order valence-electron chi connectivity index (χ1n) is 9.96. The van der Waals surface area contributed by atoms with E-state index in [1.54, 1.807) is 36.4 Å². The predicted molar refractivity (Wildman–Crippen MR) is 112 cm³/mol. The lowest BCUT2D eigenvalue weighted by atomic mass is 9.91. The normalized spacial score (nSPS) is 19.0. The van der Waals surface area contributed by atoms with Gasteiger partial charge in [-0.25, -0.2) is 9.78 Å². The molecule has 0 bridgehead atoms. The molecule has 1 aliphatic heterocycles. The number of aromatic nitrogens is 2. The fraction of sp³-hybridized carbons (Fsp3) is 0.261. The van der Waals surface area contributed by atoms with Crippen LogP contribution in [0.25, 0.3) is 10.9 Å². The smallest absolute Gasteiger partial charge is 0.342 e. The molecule has 0 spiro atoms. The van der Waals surface area contributed by atoms with E-state index in [0.29, 0.717) is 5.52 Å². The van der Waals surface area contributed by atoms with Gasteiger partial charge in [-0.2, -0.15) is 0 Å². The average molecular weight is 419 g/mol. The molecule has 0 saturated carbocycles. The first-order valence-corrected chi connectivity index (χ1v) is 9.96. The van der Waals surface area contributed by atoms with Gasteiger partial charge in [0.25, 0.3) is 11.5 Å². The van der Waals surface area contributed by atoms with Crippen LogP contribution in [-0.2, 0) is 31.3 Å². The van der Waals surface area contributed by atoms with E-state index < -0.39 is 28.9 Å². The van der Waals surface area contributed by atoms with E-state index in [0.717, 1.165) is 15.7 Å². The van der Waals surface area contributed by atoms with Crippen LogP contribution in [0.2, 0.25) is 0 Å². The molecule has 3 aromatic rings. The van der Waals surface area contributed by atoms with Gasteiger partial charge in [0.15, 0.2) is 0 Å². The lowest BCUT2D eigenvalue weighted by Crippen LogP contribution is -2.58. The van der Waals surface area contributed by atoms with Crippen molar-refractivity contribution < 1.29 is 19.1 Å². The van der Waals surface area contributed by atoms with E-state index >= 15 is 0 Å². The van der Waals surface area contributed by atoms with Crippen molar-refractivity contribution in [1.82, 2.24) is 14.9 Å². The van der Waals surface area contributed by atoms with Crippen molar-refractivity contribution >= 4 is 28.7 Å². The molecule has 0 radical (unpaired) electrons. The van der Waals surface area contributed by atoms with Crippen molar-refractivity contribution in [2.45, 2.75) is 38.3 Å². The number of rotatable bonds is 4. The predicted octanol–water partition coefficient (Wildman–Crippen LogP) is 1.97. The van der Waals surface area contributed by atoms with Crippen LogP contribution in [0.1, 0.15) is 30.4 Å². The largest absolute Gasteiger partial charge is 0.459 e. The molecule has 1 aromatic heterocycles. The van der Waals surface area contributed by atoms with E-state index in [1.807, 2.05) is 19.1 Å². The van der Waals surface area contributed by atoms with E-state index in [4.69, 9.17) is 4.74 Å². The number of hydrogen-bond donors (Lipinski definition) is 1. The molecule has 158 valence electrons. The van der Waals surface area contributed by atoms with Gasteiger partial charge >= 0.3 is 5.97 Å². The Morgan fingerprint density at radius 3 is 2.68 bits per heavy atom. The monoisotopic (exact) mass is 419 g/mol. The highest BCUT2D eigenvalue weighted by atomic mass is 16.5. The van der Waals surface area contributed by atoms with E-state index in [9.17, 15) is 19.2 Å². The summed E-state index contributed by atoms with van der Waals surface area (Å²) < 4.78 is 6.49. The second-order valence-corrected chi connectivity index (χ2v) is 7.54. The highest BCUT2D eigenvalue weighted by Crippen LogP contribution is 2.28. The highest BCUT2D eigenvalue weighted by Gasteiger charge is 2.51. The molecule has 8 nitrogen and oxygen atoms in total. The summed E-state index contributed by atoms with van der Waals surface area (Å²) in [5, 5.41) is 2.51. The number of fused-ring (bicyclic) bond motifs is 1. The van der Waals surface area contributed by atoms with Crippen molar-refractivity contribution in [2.75, 3.05) is 0 Å². The third-order valence-electron chi connectivity index (χ3n) is 5.52. The van der Waals surface area contributed by atoms with Crippen LogP contribution in [0.15, 0.2) is 59.7 Å². The minimum Gasteiger partial charge on any atom is -0.459 e. The van der Waals surface area contributed by atoms with Gasteiger partial charge in [-0.3, -0.25) is 24.3 Å². The van der Waals surface area contributed by atoms with Crippen molar-refractivity contribution in [2.24, 2.45) is 0 Å². The zero-order chi connectivity index (χ0) is 22.0. The fourth-order valence-corrected chi connectivity index (χ4v) is 3.85. The molecule has 31 heavy (non-hydrogen) atoms. The van der Waals surface area contributed by atoms with Crippen molar-refractivity contribution in [3.63, 3.8) is 0 Å². The van der Waals surface area contributed by atoms with Crippen molar-refractivity contribution in [3.8, 4) is 0 Å². The quantitative estimate of drug-likeness (QED) is 0.394. The fourth-order valence-electron chi connectivity index (χ4n) is 3.85. The van der Waals surface area contributed by atoms with E-state index in [2.05, 4.69) is 10.3 Å². The maximum absolute atomic E-state index is 13.4. The van der Waals surface area contributed by atoms with Crippen molar-refractivity contribution in [1.29, 1.82) is 0 Å². The number of imide groups is 1. The third-order valence-corrected chi connectivity index (χ3v) is 5.52. The van der Waals surface area contributed by atoms with Crippen LogP contribution in [0.3, 0.4) is 0 Å². The van der Waals surface area contributed by atoms with Gasteiger partial charge in [0.1, 0.15) is 6.61 Å². The molecule has 1 atom stereocenters.